The molecule has 0 radical (unpaired) electrons. The van der Waals surface area contributed by atoms with Gasteiger partial charge in [0.15, 0.2) is 0 Å². The van der Waals surface area contributed by atoms with Crippen LogP contribution in [-0.2, 0) is 12.6 Å². The van der Waals surface area contributed by atoms with Gasteiger partial charge in [-0.15, -0.1) is 0 Å². The topological polar surface area (TPSA) is 64.3 Å². The van der Waals surface area contributed by atoms with Gasteiger partial charge in [0.2, 0.25) is 0 Å². The van der Waals surface area contributed by atoms with Crippen LogP contribution in [0.15, 0.2) is 41.7 Å². The summed E-state index contributed by atoms with van der Waals surface area (Å²) in [4.78, 5) is 11.2. The molecule has 4 atom stereocenters. The molecule has 3 aliphatic heterocycles. The normalized spacial score (nSPS) is 32.2. The van der Waals surface area contributed by atoms with E-state index in [-0.39, 0.29) is 41.2 Å². The van der Waals surface area contributed by atoms with E-state index in [4.69, 9.17) is 23.1 Å². The number of anilines is 1. The summed E-state index contributed by atoms with van der Waals surface area (Å²) in [6, 6.07) is 8.92. The SMILES string of the molecule is N[C@@H]1c2ccccc2OC12C[C@H]1CC[C@@H](C2)N1c1cnc([S-])cn1.[Na+]. The molecule has 1 spiro atoms. The second-order valence-corrected chi connectivity index (χ2v) is 7.51. The zero-order chi connectivity index (χ0) is 16.3. The number of hydrogen-bond acceptors (Lipinski definition) is 6. The van der Waals surface area contributed by atoms with E-state index in [2.05, 4.69) is 20.9 Å². The fraction of sp³-hybridized carbons (Fsp3) is 0.444. The van der Waals surface area contributed by atoms with Crippen molar-refractivity contribution in [3.8, 4) is 5.75 Å². The van der Waals surface area contributed by atoms with Crippen molar-refractivity contribution in [2.24, 2.45) is 5.73 Å². The Morgan fingerprint density at radius 1 is 1.12 bits per heavy atom. The summed E-state index contributed by atoms with van der Waals surface area (Å²) >= 11 is 5.06. The number of nitrogens with two attached hydrogens (primary N) is 1. The summed E-state index contributed by atoms with van der Waals surface area (Å²) in [5.41, 5.74) is 7.49. The zero-order valence-electron chi connectivity index (χ0n) is 14.3. The molecule has 0 saturated carbocycles. The Morgan fingerprint density at radius 3 is 2.48 bits per heavy atom. The molecule has 2 saturated heterocycles. The molecule has 1 aromatic carbocycles. The van der Waals surface area contributed by atoms with Crippen LogP contribution in [0.4, 0.5) is 5.82 Å². The van der Waals surface area contributed by atoms with E-state index in [0.29, 0.717) is 17.1 Å². The number of para-hydroxylation sites is 1. The molecule has 0 aliphatic carbocycles. The van der Waals surface area contributed by atoms with Gasteiger partial charge in [-0.25, -0.2) is 4.98 Å². The molecule has 3 aliphatic rings. The molecule has 4 heterocycles. The maximum Gasteiger partial charge on any atom is 1.00 e. The van der Waals surface area contributed by atoms with E-state index in [0.717, 1.165) is 42.8 Å². The number of rotatable bonds is 1. The minimum Gasteiger partial charge on any atom is -0.759 e. The fourth-order valence-corrected chi connectivity index (χ4v) is 4.90. The third-order valence-corrected chi connectivity index (χ3v) is 6.01. The molecule has 1 unspecified atom stereocenters. The molecular weight excluding hydrogens is 343 g/mol. The Morgan fingerprint density at radius 2 is 1.84 bits per heavy atom. The fourth-order valence-electron chi connectivity index (χ4n) is 4.79. The largest absolute Gasteiger partial charge is 1.00 e. The van der Waals surface area contributed by atoms with Gasteiger partial charge < -0.3 is 28.0 Å². The van der Waals surface area contributed by atoms with E-state index in [1.807, 2.05) is 18.2 Å². The van der Waals surface area contributed by atoms with E-state index < -0.39 is 0 Å². The van der Waals surface area contributed by atoms with Gasteiger partial charge in [-0.2, -0.15) is 0 Å². The van der Waals surface area contributed by atoms with Crippen LogP contribution in [0.1, 0.15) is 37.3 Å². The monoisotopic (exact) mass is 362 g/mol. The first-order valence-corrected chi connectivity index (χ1v) is 8.88. The molecule has 0 amide bonds. The minimum absolute atomic E-state index is 0. The third-order valence-electron chi connectivity index (χ3n) is 5.80. The Balaban J connectivity index is 0.00000157. The number of ether oxygens (including phenoxy) is 1. The number of fused-ring (bicyclic) bond motifs is 3. The quantitative estimate of drug-likeness (QED) is 0.537. The summed E-state index contributed by atoms with van der Waals surface area (Å²) in [5.74, 6) is 1.88. The standard InChI is InChI=1S/C18H20N4OS.Na/c19-17-13-3-1-2-4-14(13)23-18(17)7-11-5-6-12(8-18)22(11)15-9-21-16(24)10-20-15;/h1-4,9-12,17H,5-8,19H2,(H,21,24);/q;+1/p-1/t11-,12+,17-,18?;/m1./s1. The van der Waals surface area contributed by atoms with Crippen LogP contribution < -0.4 is 44.9 Å². The Kier molecular flexibility index (Phi) is 4.45. The van der Waals surface area contributed by atoms with E-state index in [1.54, 1.807) is 12.4 Å². The van der Waals surface area contributed by atoms with E-state index >= 15 is 0 Å². The van der Waals surface area contributed by atoms with Gasteiger partial charge in [0.25, 0.3) is 0 Å². The summed E-state index contributed by atoms with van der Waals surface area (Å²) in [6.07, 6.45) is 7.62. The predicted molar refractivity (Wildman–Crippen MR) is 92.9 cm³/mol. The van der Waals surface area contributed by atoms with Gasteiger partial charge in [-0.1, -0.05) is 23.2 Å². The molecule has 5 rings (SSSR count). The van der Waals surface area contributed by atoms with Crippen LogP contribution in [0.2, 0.25) is 0 Å². The van der Waals surface area contributed by atoms with Crippen LogP contribution in [0.3, 0.4) is 0 Å². The Bertz CT molecular complexity index is 773. The van der Waals surface area contributed by atoms with Crippen LogP contribution in [0.5, 0.6) is 5.75 Å². The van der Waals surface area contributed by atoms with Gasteiger partial charge >= 0.3 is 29.6 Å². The molecule has 124 valence electrons. The minimum atomic E-state index is -0.280. The third kappa shape index (κ3) is 2.66. The van der Waals surface area contributed by atoms with Crippen molar-refractivity contribution in [3.63, 3.8) is 0 Å². The van der Waals surface area contributed by atoms with E-state index in [9.17, 15) is 0 Å². The molecular formula is C18H19N4NaOS. The molecule has 2 fully saturated rings. The molecule has 2 bridgehead atoms. The predicted octanol–water partition coefficient (Wildman–Crippen LogP) is -0.651. The van der Waals surface area contributed by atoms with Crippen molar-refractivity contribution in [3.05, 3.63) is 42.2 Å². The molecule has 2 aromatic rings. The zero-order valence-corrected chi connectivity index (χ0v) is 17.1. The van der Waals surface area contributed by atoms with Crippen molar-refractivity contribution < 1.29 is 34.3 Å². The average molecular weight is 362 g/mol. The Hall–Kier alpha value is -0.920. The van der Waals surface area contributed by atoms with Gasteiger partial charge in [0.05, 0.1) is 12.2 Å². The number of piperidine rings is 1. The molecule has 25 heavy (non-hydrogen) atoms. The number of hydrogen-bond donors (Lipinski definition) is 1. The summed E-state index contributed by atoms with van der Waals surface area (Å²) in [5, 5.41) is 0.538. The second kappa shape index (κ2) is 6.35. The van der Waals surface area contributed by atoms with Crippen molar-refractivity contribution in [2.45, 2.75) is 54.4 Å². The van der Waals surface area contributed by atoms with Crippen molar-refractivity contribution in [1.29, 1.82) is 0 Å². The van der Waals surface area contributed by atoms with Crippen molar-refractivity contribution >= 4 is 18.4 Å². The maximum atomic E-state index is 6.63. The molecule has 1 aromatic heterocycles. The molecule has 7 heteroatoms. The van der Waals surface area contributed by atoms with Crippen LogP contribution in [0.25, 0.3) is 0 Å². The summed E-state index contributed by atoms with van der Waals surface area (Å²) in [6.45, 7) is 0. The van der Waals surface area contributed by atoms with Crippen molar-refractivity contribution in [2.75, 3.05) is 4.90 Å². The van der Waals surface area contributed by atoms with Gasteiger partial charge in [0, 0.05) is 36.7 Å². The smallest absolute Gasteiger partial charge is 0.759 e. The van der Waals surface area contributed by atoms with Crippen LogP contribution in [0, 0.1) is 0 Å². The Labute approximate surface area is 175 Å². The van der Waals surface area contributed by atoms with Gasteiger partial charge in [-0.05, 0) is 18.9 Å². The van der Waals surface area contributed by atoms with Crippen LogP contribution in [-0.4, -0.2) is 27.7 Å². The number of aromatic nitrogens is 2. The van der Waals surface area contributed by atoms with Crippen molar-refractivity contribution in [1.82, 2.24) is 9.97 Å². The molecule has 2 N–H and O–H groups in total. The first-order valence-electron chi connectivity index (χ1n) is 8.47. The van der Waals surface area contributed by atoms with Gasteiger partial charge in [0.1, 0.15) is 17.2 Å². The second-order valence-electron chi connectivity index (χ2n) is 7.10. The summed E-state index contributed by atoms with van der Waals surface area (Å²) < 4.78 is 6.43. The van der Waals surface area contributed by atoms with Crippen LogP contribution >= 0.6 is 0 Å². The first-order chi connectivity index (χ1) is 11.7. The number of benzene rings is 1. The maximum absolute atomic E-state index is 6.63. The van der Waals surface area contributed by atoms with E-state index in [1.165, 1.54) is 0 Å². The molecule has 5 nitrogen and oxygen atoms in total. The number of nitrogens with zero attached hydrogens (tertiary/aromatic N) is 3. The summed E-state index contributed by atoms with van der Waals surface area (Å²) in [7, 11) is 0. The average Bonchev–Trinajstić information content (AvgIpc) is 3.01. The van der Waals surface area contributed by atoms with Gasteiger partial charge in [-0.3, -0.25) is 4.98 Å². The first kappa shape index (κ1) is 17.5.